The van der Waals surface area contributed by atoms with Gasteiger partial charge in [-0.05, 0) is 24.7 Å². The first-order valence-electron chi connectivity index (χ1n) is 6.38. The predicted octanol–water partition coefficient (Wildman–Crippen LogP) is 3.20. The van der Waals surface area contributed by atoms with Crippen molar-refractivity contribution in [2.75, 3.05) is 7.05 Å². The Labute approximate surface area is 118 Å². The maximum absolute atomic E-state index is 5.23. The van der Waals surface area contributed by atoms with Crippen LogP contribution in [-0.4, -0.2) is 17.2 Å². The molecule has 0 atom stereocenters. The fraction of sp³-hybridized carbons (Fsp3) is 0.429. The molecule has 102 valence electrons. The van der Waals surface area contributed by atoms with Gasteiger partial charge in [0.15, 0.2) is 5.82 Å². The number of rotatable bonds is 6. The van der Waals surface area contributed by atoms with Crippen LogP contribution < -0.4 is 5.32 Å². The van der Waals surface area contributed by atoms with Crippen molar-refractivity contribution >= 4 is 11.8 Å². The second-order valence-electron chi connectivity index (χ2n) is 4.67. The normalized spacial score (nSPS) is 11.2. The Kier molecular flexibility index (Phi) is 4.99. The highest BCUT2D eigenvalue weighted by Crippen LogP contribution is 2.23. The molecule has 0 saturated heterocycles. The first-order chi connectivity index (χ1) is 9.19. The lowest BCUT2D eigenvalue weighted by molar-refractivity contribution is 0.383. The van der Waals surface area contributed by atoms with E-state index in [1.807, 2.05) is 7.05 Å². The van der Waals surface area contributed by atoms with Gasteiger partial charge in [-0.3, -0.25) is 0 Å². The summed E-state index contributed by atoms with van der Waals surface area (Å²) in [6.07, 6.45) is 0. The maximum Gasteiger partial charge on any atom is 0.237 e. The van der Waals surface area contributed by atoms with Crippen molar-refractivity contribution in [3.8, 4) is 0 Å². The number of thioether (sulfide) groups is 1. The predicted molar refractivity (Wildman–Crippen MR) is 77.2 cm³/mol. The second kappa shape index (κ2) is 6.73. The van der Waals surface area contributed by atoms with E-state index in [0.717, 1.165) is 12.4 Å². The average molecular weight is 277 g/mol. The molecule has 0 aliphatic heterocycles. The maximum atomic E-state index is 5.23. The Morgan fingerprint density at radius 1 is 1.37 bits per heavy atom. The van der Waals surface area contributed by atoms with Crippen LogP contribution in [0.3, 0.4) is 0 Å². The van der Waals surface area contributed by atoms with Crippen molar-refractivity contribution in [1.82, 2.24) is 15.5 Å². The van der Waals surface area contributed by atoms with Crippen molar-refractivity contribution in [2.24, 2.45) is 0 Å². The number of hydrogen-bond donors (Lipinski definition) is 1. The van der Waals surface area contributed by atoms with Crippen LogP contribution in [0.25, 0.3) is 0 Å². The van der Waals surface area contributed by atoms with E-state index in [1.54, 1.807) is 11.8 Å². The summed E-state index contributed by atoms with van der Waals surface area (Å²) in [6, 6.07) is 8.47. The molecule has 0 aliphatic rings. The lowest BCUT2D eigenvalue weighted by Gasteiger charge is -2.03. The fourth-order valence-electron chi connectivity index (χ4n) is 1.66. The Hall–Kier alpha value is -1.33. The molecule has 0 saturated carbocycles. The molecule has 0 bridgehead atoms. The molecule has 4 nitrogen and oxygen atoms in total. The quantitative estimate of drug-likeness (QED) is 0.822. The number of hydrogen-bond acceptors (Lipinski definition) is 5. The van der Waals surface area contributed by atoms with Crippen LogP contribution in [0, 0.1) is 0 Å². The van der Waals surface area contributed by atoms with Gasteiger partial charge in [-0.1, -0.05) is 31.1 Å². The summed E-state index contributed by atoms with van der Waals surface area (Å²) >= 11 is 1.71. The van der Waals surface area contributed by atoms with E-state index in [4.69, 9.17) is 4.52 Å². The highest BCUT2D eigenvalue weighted by atomic mass is 32.2. The standard InChI is InChI=1S/C14H19N3OS/c1-10(2)14-16-13(18-17-14)9-19-12-6-4-5-11(7-12)8-15-3/h4-7,10,15H,8-9H2,1-3H3. The van der Waals surface area contributed by atoms with Crippen LogP contribution in [0.15, 0.2) is 33.7 Å². The van der Waals surface area contributed by atoms with E-state index in [-0.39, 0.29) is 0 Å². The number of nitrogens with one attached hydrogen (secondary N) is 1. The molecule has 0 spiro atoms. The van der Waals surface area contributed by atoms with Gasteiger partial charge >= 0.3 is 0 Å². The molecule has 1 aromatic carbocycles. The van der Waals surface area contributed by atoms with Crippen LogP contribution in [-0.2, 0) is 12.3 Å². The van der Waals surface area contributed by atoms with Gasteiger partial charge in [0.1, 0.15) is 0 Å². The fourth-order valence-corrected chi connectivity index (χ4v) is 2.47. The lowest BCUT2D eigenvalue weighted by atomic mass is 10.2. The first kappa shape index (κ1) is 14.1. The van der Waals surface area contributed by atoms with Gasteiger partial charge in [-0.15, -0.1) is 11.8 Å². The minimum Gasteiger partial charge on any atom is -0.338 e. The Morgan fingerprint density at radius 2 is 2.21 bits per heavy atom. The minimum absolute atomic E-state index is 0.307. The molecule has 0 aliphatic carbocycles. The van der Waals surface area contributed by atoms with Crippen LogP contribution in [0.1, 0.15) is 37.0 Å². The van der Waals surface area contributed by atoms with Gasteiger partial charge in [0.2, 0.25) is 5.89 Å². The third kappa shape index (κ3) is 4.08. The van der Waals surface area contributed by atoms with E-state index in [9.17, 15) is 0 Å². The van der Waals surface area contributed by atoms with Gasteiger partial charge < -0.3 is 9.84 Å². The van der Waals surface area contributed by atoms with E-state index < -0.39 is 0 Å². The SMILES string of the molecule is CNCc1cccc(SCc2nc(C(C)C)no2)c1. The zero-order valence-electron chi connectivity index (χ0n) is 11.5. The van der Waals surface area contributed by atoms with Gasteiger partial charge in [0, 0.05) is 17.4 Å². The number of aromatic nitrogens is 2. The molecular weight excluding hydrogens is 258 g/mol. The highest BCUT2D eigenvalue weighted by Gasteiger charge is 2.09. The van der Waals surface area contributed by atoms with Gasteiger partial charge in [0.05, 0.1) is 5.75 Å². The lowest BCUT2D eigenvalue weighted by Crippen LogP contribution is -2.04. The molecule has 1 N–H and O–H groups in total. The van der Waals surface area contributed by atoms with E-state index in [0.29, 0.717) is 17.6 Å². The molecule has 19 heavy (non-hydrogen) atoms. The van der Waals surface area contributed by atoms with Crippen LogP contribution in [0.5, 0.6) is 0 Å². The smallest absolute Gasteiger partial charge is 0.237 e. The molecule has 0 fully saturated rings. The third-order valence-electron chi connectivity index (χ3n) is 2.64. The van der Waals surface area contributed by atoms with E-state index in [1.165, 1.54) is 10.5 Å². The number of nitrogens with zero attached hydrogens (tertiary/aromatic N) is 2. The monoisotopic (exact) mass is 277 g/mol. The van der Waals surface area contributed by atoms with Crippen molar-refractivity contribution < 1.29 is 4.52 Å². The molecule has 0 amide bonds. The average Bonchev–Trinajstić information content (AvgIpc) is 2.86. The minimum atomic E-state index is 0.307. The van der Waals surface area contributed by atoms with Crippen LogP contribution in [0.4, 0.5) is 0 Å². The van der Waals surface area contributed by atoms with Gasteiger partial charge in [-0.2, -0.15) is 4.98 Å². The van der Waals surface area contributed by atoms with Gasteiger partial charge in [-0.25, -0.2) is 0 Å². The Bertz CT molecular complexity index is 525. The van der Waals surface area contributed by atoms with Crippen LogP contribution >= 0.6 is 11.8 Å². The summed E-state index contributed by atoms with van der Waals surface area (Å²) in [4.78, 5) is 5.59. The number of benzene rings is 1. The molecule has 0 unspecified atom stereocenters. The molecule has 1 aromatic heterocycles. The van der Waals surface area contributed by atoms with Crippen LogP contribution in [0.2, 0.25) is 0 Å². The summed E-state index contributed by atoms with van der Waals surface area (Å²) < 4.78 is 5.23. The first-order valence-corrected chi connectivity index (χ1v) is 7.36. The Morgan fingerprint density at radius 3 is 2.89 bits per heavy atom. The van der Waals surface area contributed by atoms with Crippen molar-refractivity contribution in [3.05, 3.63) is 41.5 Å². The molecular formula is C14H19N3OS. The van der Waals surface area contributed by atoms with Crippen molar-refractivity contribution in [2.45, 2.75) is 37.0 Å². The van der Waals surface area contributed by atoms with Gasteiger partial charge in [0.25, 0.3) is 0 Å². The summed E-state index contributed by atoms with van der Waals surface area (Å²) in [5.41, 5.74) is 1.28. The van der Waals surface area contributed by atoms with Crippen molar-refractivity contribution in [3.63, 3.8) is 0 Å². The summed E-state index contributed by atoms with van der Waals surface area (Å²) in [6.45, 7) is 5.00. The zero-order chi connectivity index (χ0) is 13.7. The highest BCUT2D eigenvalue weighted by molar-refractivity contribution is 7.98. The Balaban J connectivity index is 1.95. The third-order valence-corrected chi connectivity index (χ3v) is 3.62. The molecule has 0 radical (unpaired) electrons. The van der Waals surface area contributed by atoms with Crippen molar-refractivity contribution in [1.29, 1.82) is 0 Å². The zero-order valence-corrected chi connectivity index (χ0v) is 12.3. The topological polar surface area (TPSA) is 51.0 Å². The molecule has 5 heteroatoms. The molecule has 2 aromatic rings. The van der Waals surface area contributed by atoms with E-state index in [2.05, 4.69) is 53.6 Å². The summed E-state index contributed by atoms with van der Waals surface area (Å²) in [5.74, 6) is 2.48. The second-order valence-corrected chi connectivity index (χ2v) is 5.72. The molecule has 2 rings (SSSR count). The summed E-state index contributed by atoms with van der Waals surface area (Å²) in [5, 5.41) is 7.12. The molecule has 1 heterocycles. The largest absolute Gasteiger partial charge is 0.338 e. The summed E-state index contributed by atoms with van der Waals surface area (Å²) in [7, 11) is 1.95. The van der Waals surface area contributed by atoms with E-state index >= 15 is 0 Å².